The second kappa shape index (κ2) is 9.06. The van der Waals surface area contributed by atoms with Crippen LogP contribution in [0, 0.1) is 0 Å². The summed E-state index contributed by atoms with van der Waals surface area (Å²) < 4.78 is 11.5. The fourth-order valence-corrected chi connectivity index (χ4v) is 4.40. The van der Waals surface area contributed by atoms with Crippen molar-refractivity contribution in [1.29, 1.82) is 0 Å². The maximum atomic E-state index is 6.06. The fraction of sp³-hybridized carbons (Fsp3) is 0.185. The minimum Gasteiger partial charge on any atom is -0.497 e. The highest BCUT2D eigenvalue weighted by Crippen LogP contribution is 2.35. The Labute approximate surface area is 202 Å². The van der Waals surface area contributed by atoms with Crippen molar-refractivity contribution in [1.82, 2.24) is 25.1 Å². The normalized spacial score (nSPS) is 14.8. The van der Waals surface area contributed by atoms with Gasteiger partial charge in [0.2, 0.25) is 0 Å². The van der Waals surface area contributed by atoms with Crippen LogP contribution in [0.5, 0.6) is 11.5 Å². The summed E-state index contributed by atoms with van der Waals surface area (Å²) in [7, 11) is 1.67. The van der Waals surface area contributed by atoms with Crippen LogP contribution in [-0.4, -0.2) is 38.9 Å². The number of fused-ring (bicyclic) bond motifs is 2. The molecule has 8 heteroatoms. The summed E-state index contributed by atoms with van der Waals surface area (Å²) in [5.41, 5.74) is 5.13. The standard InChI is InChI=1S/C27H24N6O2/c1-34-22-5-7-25-19(10-22)9-20(16-35-25)26-32-24-6-4-18(21-14-30-31-15-21)11-23(24)27(33-26)29-13-17-3-2-8-28-12-17/h2-8,10-12,14-15,20H,9,13,16H2,1H3,(H,30,31)(H,29,32,33)/t20-/m0/s1. The Balaban J connectivity index is 1.38. The van der Waals surface area contributed by atoms with Gasteiger partial charge in [0.05, 0.1) is 31.3 Å². The molecule has 0 radical (unpaired) electrons. The minimum atomic E-state index is 0.0338. The number of H-pyrrole nitrogens is 1. The molecule has 8 nitrogen and oxygen atoms in total. The Morgan fingerprint density at radius 3 is 2.89 bits per heavy atom. The molecule has 0 bridgehead atoms. The topological polar surface area (TPSA) is 97.8 Å². The van der Waals surface area contributed by atoms with Gasteiger partial charge < -0.3 is 14.8 Å². The van der Waals surface area contributed by atoms with Gasteiger partial charge in [-0.2, -0.15) is 5.10 Å². The summed E-state index contributed by atoms with van der Waals surface area (Å²) in [5.74, 6) is 3.29. The van der Waals surface area contributed by atoms with Crippen LogP contribution in [-0.2, 0) is 13.0 Å². The lowest BCUT2D eigenvalue weighted by molar-refractivity contribution is 0.257. The molecule has 6 rings (SSSR count). The van der Waals surface area contributed by atoms with Gasteiger partial charge in [-0.05, 0) is 59.5 Å². The lowest BCUT2D eigenvalue weighted by Gasteiger charge is -2.25. The largest absolute Gasteiger partial charge is 0.497 e. The Morgan fingerprint density at radius 2 is 2.06 bits per heavy atom. The Bertz CT molecular complexity index is 1470. The first-order chi connectivity index (χ1) is 17.3. The minimum absolute atomic E-state index is 0.0338. The molecule has 0 saturated heterocycles. The second-order valence-corrected chi connectivity index (χ2v) is 8.55. The molecule has 1 atom stereocenters. The van der Waals surface area contributed by atoms with Crippen molar-refractivity contribution in [2.24, 2.45) is 0 Å². The fourth-order valence-electron chi connectivity index (χ4n) is 4.40. The molecule has 0 spiro atoms. The van der Waals surface area contributed by atoms with Gasteiger partial charge in [0.1, 0.15) is 23.1 Å². The quantitative estimate of drug-likeness (QED) is 0.374. The zero-order chi connectivity index (χ0) is 23.6. The monoisotopic (exact) mass is 464 g/mol. The van der Waals surface area contributed by atoms with Gasteiger partial charge in [0.15, 0.2) is 0 Å². The van der Waals surface area contributed by atoms with Gasteiger partial charge in [-0.15, -0.1) is 0 Å². The van der Waals surface area contributed by atoms with Gasteiger partial charge in [-0.3, -0.25) is 10.1 Å². The van der Waals surface area contributed by atoms with E-state index in [1.54, 1.807) is 13.3 Å². The SMILES string of the molecule is COc1ccc2c(c1)C[C@H](c1nc(NCc3cccnc3)c3cc(-c4cn[nH]c4)ccc3n1)CO2. The van der Waals surface area contributed by atoms with Gasteiger partial charge in [0, 0.05) is 36.1 Å². The van der Waals surface area contributed by atoms with Crippen molar-refractivity contribution in [3.8, 4) is 22.6 Å². The Kier molecular flexibility index (Phi) is 5.46. The number of pyridine rings is 1. The number of hydrogen-bond donors (Lipinski definition) is 2. The van der Waals surface area contributed by atoms with E-state index in [0.29, 0.717) is 13.2 Å². The van der Waals surface area contributed by atoms with E-state index in [9.17, 15) is 0 Å². The zero-order valence-electron chi connectivity index (χ0n) is 19.2. The molecule has 174 valence electrons. The molecular formula is C27H24N6O2. The molecule has 0 aliphatic carbocycles. The van der Waals surface area contributed by atoms with Crippen molar-refractivity contribution < 1.29 is 9.47 Å². The highest BCUT2D eigenvalue weighted by molar-refractivity contribution is 5.92. The van der Waals surface area contributed by atoms with Crippen molar-refractivity contribution in [3.05, 3.63) is 90.3 Å². The smallest absolute Gasteiger partial charge is 0.138 e. The molecule has 0 amide bonds. The summed E-state index contributed by atoms with van der Waals surface area (Å²) >= 11 is 0. The van der Waals surface area contributed by atoms with E-state index in [0.717, 1.165) is 62.7 Å². The predicted octanol–water partition coefficient (Wildman–Crippen LogP) is 4.75. The van der Waals surface area contributed by atoms with Crippen LogP contribution in [0.3, 0.4) is 0 Å². The first-order valence-corrected chi connectivity index (χ1v) is 11.5. The first kappa shape index (κ1) is 21.1. The van der Waals surface area contributed by atoms with Crippen LogP contribution >= 0.6 is 0 Å². The lowest BCUT2D eigenvalue weighted by Crippen LogP contribution is -2.22. The molecule has 2 N–H and O–H groups in total. The number of benzene rings is 2. The van der Waals surface area contributed by atoms with Crippen molar-refractivity contribution in [3.63, 3.8) is 0 Å². The van der Waals surface area contributed by atoms with E-state index < -0.39 is 0 Å². The molecule has 5 aromatic rings. The number of ether oxygens (including phenoxy) is 2. The third-order valence-corrected chi connectivity index (χ3v) is 6.27. The molecule has 1 aliphatic rings. The van der Waals surface area contributed by atoms with E-state index in [2.05, 4.69) is 32.6 Å². The maximum Gasteiger partial charge on any atom is 0.138 e. The molecule has 0 fully saturated rings. The Hall–Kier alpha value is -4.46. The van der Waals surface area contributed by atoms with Crippen LogP contribution in [0.2, 0.25) is 0 Å². The number of rotatable bonds is 6. The summed E-state index contributed by atoms with van der Waals surface area (Å²) in [5, 5.41) is 11.4. The summed E-state index contributed by atoms with van der Waals surface area (Å²) in [6.45, 7) is 1.14. The number of hydrogen-bond acceptors (Lipinski definition) is 7. The van der Waals surface area contributed by atoms with Crippen LogP contribution in [0.25, 0.3) is 22.0 Å². The highest BCUT2D eigenvalue weighted by Gasteiger charge is 2.25. The van der Waals surface area contributed by atoms with E-state index in [-0.39, 0.29) is 5.92 Å². The third-order valence-electron chi connectivity index (χ3n) is 6.27. The molecule has 0 unspecified atom stereocenters. The molecule has 2 aromatic carbocycles. The van der Waals surface area contributed by atoms with Crippen molar-refractivity contribution >= 4 is 16.7 Å². The van der Waals surface area contributed by atoms with Crippen molar-refractivity contribution in [2.45, 2.75) is 18.9 Å². The average Bonchev–Trinajstić information content (AvgIpc) is 3.46. The van der Waals surface area contributed by atoms with Gasteiger partial charge in [-0.1, -0.05) is 12.1 Å². The Morgan fingerprint density at radius 1 is 1.09 bits per heavy atom. The molecular weight excluding hydrogens is 440 g/mol. The van der Waals surface area contributed by atoms with E-state index >= 15 is 0 Å². The summed E-state index contributed by atoms with van der Waals surface area (Å²) in [6.07, 6.45) is 8.10. The highest BCUT2D eigenvalue weighted by atomic mass is 16.5. The van der Waals surface area contributed by atoms with Gasteiger partial charge in [0.25, 0.3) is 0 Å². The number of anilines is 1. The number of aromatic amines is 1. The van der Waals surface area contributed by atoms with Crippen LogP contribution in [0.1, 0.15) is 22.9 Å². The number of nitrogens with zero attached hydrogens (tertiary/aromatic N) is 4. The first-order valence-electron chi connectivity index (χ1n) is 11.5. The average molecular weight is 465 g/mol. The number of methoxy groups -OCH3 is 1. The van der Waals surface area contributed by atoms with E-state index in [1.165, 1.54) is 0 Å². The summed E-state index contributed by atoms with van der Waals surface area (Å²) in [4.78, 5) is 14.2. The molecule has 35 heavy (non-hydrogen) atoms. The molecule has 0 saturated carbocycles. The number of nitrogens with one attached hydrogen (secondary N) is 2. The van der Waals surface area contributed by atoms with Gasteiger partial charge in [-0.25, -0.2) is 9.97 Å². The predicted molar refractivity (Wildman–Crippen MR) is 134 cm³/mol. The van der Waals surface area contributed by atoms with Gasteiger partial charge >= 0.3 is 0 Å². The summed E-state index contributed by atoms with van der Waals surface area (Å²) in [6, 6.07) is 16.1. The second-order valence-electron chi connectivity index (χ2n) is 8.55. The van der Waals surface area contributed by atoms with Crippen LogP contribution in [0.4, 0.5) is 5.82 Å². The van der Waals surface area contributed by atoms with E-state index in [1.807, 2.05) is 55.0 Å². The zero-order valence-corrected chi connectivity index (χ0v) is 19.2. The third kappa shape index (κ3) is 4.26. The van der Waals surface area contributed by atoms with Crippen LogP contribution in [0.15, 0.2) is 73.3 Å². The maximum absolute atomic E-state index is 6.06. The lowest BCUT2D eigenvalue weighted by atomic mass is 9.95. The molecule has 4 heterocycles. The number of aromatic nitrogens is 5. The van der Waals surface area contributed by atoms with Crippen molar-refractivity contribution in [2.75, 3.05) is 19.0 Å². The molecule has 3 aromatic heterocycles. The molecule has 1 aliphatic heterocycles. The van der Waals surface area contributed by atoms with E-state index in [4.69, 9.17) is 19.4 Å². The van der Waals surface area contributed by atoms with Crippen LogP contribution < -0.4 is 14.8 Å².